The predicted octanol–water partition coefficient (Wildman–Crippen LogP) is 3.55. The topological polar surface area (TPSA) is 55.0 Å². The van der Waals surface area contributed by atoms with Crippen molar-refractivity contribution >= 4 is 21.6 Å². The van der Waals surface area contributed by atoms with Crippen molar-refractivity contribution in [2.45, 2.75) is 19.4 Å². The van der Waals surface area contributed by atoms with Crippen molar-refractivity contribution in [2.75, 3.05) is 5.33 Å². The third-order valence-corrected chi connectivity index (χ3v) is 4.50. The first-order valence-electron chi connectivity index (χ1n) is 7.19. The fourth-order valence-electron chi connectivity index (χ4n) is 2.77. The van der Waals surface area contributed by atoms with E-state index in [1.54, 1.807) is 35.0 Å². The molecule has 0 bridgehead atoms. The molecule has 1 aliphatic heterocycles. The van der Waals surface area contributed by atoms with E-state index in [1.165, 1.54) is 6.07 Å². The maximum Gasteiger partial charge on any atom is 0.255 e. The molecule has 0 saturated heterocycles. The zero-order valence-corrected chi connectivity index (χ0v) is 14.4. The third-order valence-electron chi connectivity index (χ3n) is 3.94. The summed E-state index contributed by atoms with van der Waals surface area (Å²) in [6, 6.07) is 12.5. The summed E-state index contributed by atoms with van der Waals surface area (Å²) in [4.78, 5) is 12.4. The largest absolute Gasteiger partial charge is 0.483 e. The maximum atomic E-state index is 12.4. The van der Waals surface area contributed by atoms with Crippen LogP contribution in [0.1, 0.15) is 25.0 Å². The molecular weight excluding hydrogens is 356 g/mol. The minimum absolute atomic E-state index is 0.119. The van der Waals surface area contributed by atoms with E-state index in [1.807, 2.05) is 19.9 Å². The van der Waals surface area contributed by atoms with Crippen LogP contribution in [0, 0.1) is 11.3 Å². The molecule has 0 aliphatic carbocycles. The van der Waals surface area contributed by atoms with Gasteiger partial charge in [-0.3, -0.25) is 9.36 Å². The Morgan fingerprint density at radius 2 is 2.09 bits per heavy atom. The number of fused-ring (bicyclic) bond motifs is 1. The quantitative estimate of drug-likeness (QED) is 0.759. The number of hydrogen-bond acceptors (Lipinski definition) is 3. The van der Waals surface area contributed by atoms with Crippen LogP contribution in [0.3, 0.4) is 0 Å². The molecule has 3 rings (SSSR count). The second-order valence-corrected chi connectivity index (χ2v) is 6.37. The molecule has 0 fully saturated rings. The Hall–Kier alpha value is -2.32. The zero-order chi connectivity index (χ0) is 16.6. The van der Waals surface area contributed by atoms with Crippen molar-refractivity contribution in [3.63, 3.8) is 0 Å². The number of halogens is 1. The molecule has 1 aromatic carbocycles. The summed E-state index contributed by atoms with van der Waals surface area (Å²) < 4.78 is 7.71. The van der Waals surface area contributed by atoms with Gasteiger partial charge < -0.3 is 4.74 Å². The molecule has 23 heavy (non-hydrogen) atoms. The molecule has 0 N–H and O–H groups in total. The molecule has 0 saturated carbocycles. The van der Waals surface area contributed by atoms with Crippen LogP contribution in [-0.4, -0.2) is 15.5 Å². The highest BCUT2D eigenvalue weighted by molar-refractivity contribution is 9.09. The van der Waals surface area contributed by atoms with Crippen molar-refractivity contribution in [3.05, 3.63) is 69.6 Å². The SMILES string of the molecule is CC1(C)Oc2ccc(C#N)cc2C(n2ccccc2=O)=C1CBr. The first kappa shape index (κ1) is 15.6. The summed E-state index contributed by atoms with van der Waals surface area (Å²) in [7, 11) is 0. The molecule has 2 heterocycles. The number of ether oxygens (including phenoxy) is 1. The Balaban J connectivity index is 2.40. The van der Waals surface area contributed by atoms with E-state index < -0.39 is 5.60 Å². The maximum absolute atomic E-state index is 12.4. The van der Waals surface area contributed by atoms with Gasteiger partial charge in [-0.05, 0) is 38.1 Å². The second-order valence-electron chi connectivity index (χ2n) is 5.80. The van der Waals surface area contributed by atoms with Gasteiger partial charge in [0.2, 0.25) is 0 Å². The number of nitrogens with zero attached hydrogens (tertiary/aromatic N) is 2. The van der Waals surface area contributed by atoms with Crippen LogP contribution >= 0.6 is 15.9 Å². The summed E-state index contributed by atoms with van der Waals surface area (Å²) in [5.74, 6) is 0.671. The second kappa shape index (κ2) is 5.71. The third kappa shape index (κ3) is 2.60. The molecule has 116 valence electrons. The lowest BCUT2D eigenvalue weighted by Crippen LogP contribution is -2.38. The van der Waals surface area contributed by atoms with Gasteiger partial charge in [0.25, 0.3) is 5.56 Å². The molecule has 1 aromatic heterocycles. The van der Waals surface area contributed by atoms with E-state index in [4.69, 9.17) is 4.74 Å². The highest BCUT2D eigenvalue weighted by atomic mass is 79.9. The van der Waals surface area contributed by atoms with Crippen LogP contribution in [0.15, 0.2) is 53.0 Å². The zero-order valence-electron chi connectivity index (χ0n) is 12.8. The van der Waals surface area contributed by atoms with Crippen molar-refractivity contribution < 1.29 is 4.74 Å². The summed E-state index contributed by atoms with van der Waals surface area (Å²) in [5.41, 5.74) is 2.33. The number of hydrogen-bond donors (Lipinski definition) is 0. The summed E-state index contributed by atoms with van der Waals surface area (Å²) >= 11 is 3.52. The molecule has 4 nitrogen and oxygen atoms in total. The predicted molar refractivity (Wildman–Crippen MR) is 92.7 cm³/mol. The number of nitriles is 1. The van der Waals surface area contributed by atoms with Gasteiger partial charge in [-0.1, -0.05) is 22.0 Å². The van der Waals surface area contributed by atoms with Gasteiger partial charge in [0, 0.05) is 28.7 Å². The lowest BCUT2D eigenvalue weighted by Gasteiger charge is -2.36. The van der Waals surface area contributed by atoms with Crippen LogP contribution in [0.4, 0.5) is 0 Å². The Morgan fingerprint density at radius 3 is 2.74 bits per heavy atom. The van der Waals surface area contributed by atoms with Crippen molar-refractivity contribution in [1.29, 1.82) is 5.26 Å². The highest BCUT2D eigenvalue weighted by Gasteiger charge is 2.35. The summed E-state index contributed by atoms with van der Waals surface area (Å²) in [6.07, 6.45) is 1.74. The Kier molecular flexibility index (Phi) is 3.87. The van der Waals surface area contributed by atoms with E-state index in [0.29, 0.717) is 16.6 Å². The van der Waals surface area contributed by atoms with Crippen LogP contribution in [-0.2, 0) is 0 Å². The Labute approximate surface area is 142 Å². The van der Waals surface area contributed by atoms with Gasteiger partial charge in [0.1, 0.15) is 11.4 Å². The van der Waals surface area contributed by atoms with E-state index in [9.17, 15) is 10.1 Å². The first-order valence-corrected chi connectivity index (χ1v) is 8.31. The lowest BCUT2D eigenvalue weighted by molar-refractivity contribution is 0.144. The minimum atomic E-state index is -0.560. The minimum Gasteiger partial charge on any atom is -0.483 e. The van der Waals surface area contributed by atoms with Crippen LogP contribution < -0.4 is 10.3 Å². The van der Waals surface area contributed by atoms with Gasteiger partial charge >= 0.3 is 0 Å². The number of benzene rings is 1. The number of rotatable bonds is 2. The standard InChI is InChI=1S/C18H15BrN2O2/c1-18(2)14(10-19)17(21-8-4-3-5-16(21)22)13-9-12(11-20)6-7-15(13)23-18/h3-9H,10H2,1-2H3. The smallest absolute Gasteiger partial charge is 0.255 e. The average molecular weight is 371 g/mol. The Bertz CT molecular complexity index is 904. The van der Waals surface area contributed by atoms with Crippen LogP contribution in [0.25, 0.3) is 5.70 Å². The lowest BCUT2D eigenvalue weighted by atomic mass is 9.90. The van der Waals surface area contributed by atoms with Gasteiger partial charge in [0.05, 0.1) is 17.3 Å². The van der Waals surface area contributed by atoms with E-state index in [-0.39, 0.29) is 5.56 Å². The molecule has 1 aliphatic rings. The highest BCUT2D eigenvalue weighted by Crippen LogP contribution is 2.42. The number of pyridine rings is 1. The van der Waals surface area contributed by atoms with Gasteiger partial charge in [-0.25, -0.2) is 0 Å². The fraction of sp³-hybridized carbons (Fsp3) is 0.222. The normalized spacial score (nSPS) is 15.6. The van der Waals surface area contributed by atoms with Crippen LogP contribution in [0.2, 0.25) is 0 Å². The molecule has 2 aromatic rings. The molecule has 0 radical (unpaired) electrons. The fourth-order valence-corrected chi connectivity index (χ4v) is 3.71. The molecule has 0 atom stereocenters. The average Bonchev–Trinajstić information content (AvgIpc) is 2.53. The van der Waals surface area contributed by atoms with Crippen LogP contribution in [0.5, 0.6) is 5.75 Å². The van der Waals surface area contributed by atoms with Gasteiger partial charge in [0.15, 0.2) is 0 Å². The Morgan fingerprint density at radius 1 is 1.30 bits per heavy atom. The molecule has 0 unspecified atom stereocenters. The van der Waals surface area contributed by atoms with E-state index >= 15 is 0 Å². The van der Waals surface area contributed by atoms with Gasteiger partial charge in [-0.2, -0.15) is 5.26 Å². The van der Waals surface area contributed by atoms with Crippen molar-refractivity contribution in [2.24, 2.45) is 0 Å². The number of aromatic nitrogens is 1. The van der Waals surface area contributed by atoms with Gasteiger partial charge in [-0.15, -0.1) is 0 Å². The van der Waals surface area contributed by atoms with Crippen molar-refractivity contribution in [3.8, 4) is 11.8 Å². The summed E-state index contributed by atoms with van der Waals surface area (Å²) in [5, 5.41) is 9.75. The first-order chi connectivity index (χ1) is 11.0. The van der Waals surface area contributed by atoms with E-state index in [2.05, 4.69) is 22.0 Å². The molecule has 5 heteroatoms. The number of alkyl halides is 1. The van der Waals surface area contributed by atoms with E-state index in [0.717, 1.165) is 16.8 Å². The molecular formula is C18H15BrN2O2. The molecule has 0 spiro atoms. The molecule has 0 amide bonds. The monoisotopic (exact) mass is 370 g/mol. The summed E-state index contributed by atoms with van der Waals surface area (Å²) in [6.45, 7) is 3.94. The van der Waals surface area contributed by atoms with Crippen molar-refractivity contribution in [1.82, 2.24) is 4.57 Å².